The number of aliphatic hydroxyl groups excluding tert-OH is 1. The normalized spacial score (nSPS) is 18.4. The fourth-order valence-electron chi connectivity index (χ4n) is 4.76. The van der Waals surface area contributed by atoms with E-state index >= 15 is 0 Å². The van der Waals surface area contributed by atoms with E-state index in [1.807, 2.05) is 24.3 Å². The second-order valence-electron chi connectivity index (χ2n) is 8.35. The topological polar surface area (TPSA) is 40.4 Å². The molecule has 0 radical (unpaired) electrons. The maximum atomic E-state index is 13.4. The lowest BCUT2D eigenvalue weighted by atomic mass is 10.0. The number of aliphatic hydroxyl groups is 1. The molecule has 1 fully saturated rings. The SMILES string of the molecule is OC(CN1CCNCC1c1ccc(F)cc1)Cn1c2ccc(Br)cc2c2cc(Br)ccc21. The van der Waals surface area contributed by atoms with Crippen LogP contribution in [0.3, 0.4) is 0 Å². The van der Waals surface area contributed by atoms with Crippen molar-refractivity contribution >= 4 is 53.7 Å². The predicted molar refractivity (Wildman–Crippen MR) is 134 cm³/mol. The molecule has 1 aliphatic heterocycles. The van der Waals surface area contributed by atoms with Crippen LogP contribution in [0.1, 0.15) is 11.6 Å². The van der Waals surface area contributed by atoms with Gasteiger partial charge in [0.25, 0.3) is 0 Å². The van der Waals surface area contributed by atoms with Crippen LogP contribution in [-0.4, -0.2) is 46.9 Å². The van der Waals surface area contributed by atoms with E-state index < -0.39 is 6.10 Å². The van der Waals surface area contributed by atoms with Crippen molar-refractivity contribution in [2.24, 2.45) is 0 Å². The number of piperazine rings is 1. The van der Waals surface area contributed by atoms with Crippen LogP contribution in [-0.2, 0) is 6.54 Å². The first kappa shape index (κ1) is 22.0. The van der Waals surface area contributed by atoms with Crippen LogP contribution in [0.4, 0.5) is 4.39 Å². The smallest absolute Gasteiger partial charge is 0.123 e. The summed E-state index contributed by atoms with van der Waals surface area (Å²) in [5.74, 6) is -0.228. The van der Waals surface area contributed by atoms with Gasteiger partial charge in [0.05, 0.1) is 12.6 Å². The van der Waals surface area contributed by atoms with Gasteiger partial charge < -0.3 is 15.0 Å². The van der Waals surface area contributed by atoms with Gasteiger partial charge in [-0.3, -0.25) is 4.90 Å². The Labute approximate surface area is 203 Å². The molecule has 32 heavy (non-hydrogen) atoms. The van der Waals surface area contributed by atoms with Crippen molar-refractivity contribution in [3.63, 3.8) is 0 Å². The minimum Gasteiger partial charge on any atom is -0.390 e. The maximum absolute atomic E-state index is 13.4. The zero-order valence-electron chi connectivity index (χ0n) is 17.4. The highest BCUT2D eigenvalue weighted by Gasteiger charge is 2.26. The summed E-state index contributed by atoms with van der Waals surface area (Å²) in [5.41, 5.74) is 3.28. The van der Waals surface area contributed by atoms with Gasteiger partial charge in [-0.2, -0.15) is 0 Å². The van der Waals surface area contributed by atoms with Crippen LogP contribution in [0.2, 0.25) is 0 Å². The van der Waals surface area contributed by atoms with Crippen molar-refractivity contribution in [3.8, 4) is 0 Å². The van der Waals surface area contributed by atoms with Crippen LogP contribution in [0.25, 0.3) is 21.8 Å². The average Bonchev–Trinajstić information content (AvgIpc) is 3.07. The van der Waals surface area contributed by atoms with Crippen LogP contribution in [0, 0.1) is 5.82 Å². The van der Waals surface area contributed by atoms with E-state index in [1.54, 1.807) is 0 Å². The molecule has 2 unspecified atom stereocenters. The van der Waals surface area contributed by atoms with E-state index in [2.05, 4.69) is 70.9 Å². The Balaban J connectivity index is 1.43. The van der Waals surface area contributed by atoms with E-state index in [1.165, 1.54) is 12.1 Å². The molecule has 0 bridgehead atoms. The van der Waals surface area contributed by atoms with Crippen LogP contribution in [0.15, 0.2) is 69.6 Å². The lowest BCUT2D eigenvalue weighted by molar-refractivity contribution is 0.0650. The van der Waals surface area contributed by atoms with Crippen LogP contribution >= 0.6 is 31.9 Å². The Kier molecular flexibility index (Phi) is 6.36. The third-order valence-corrected chi connectivity index (χ3v) is 7.22. The quantitative estimate of drug-likeness (QED) is 0.340. The molecule has 166 valence electrons. The minimum absolute atomic E-state index is 0.115. The number of halogens is 3. The third kappa shape index (κ3) is 4.37. The predicted octanol–water partition coefficient (Wildman–Crippen LogP) is 5.47. The van der Waals surface area contributed by atoms with Gasteiger partial charge in [-0.15, -0.1) is 0 Å². The standard InChI is InChI=1S/C25H24Br2FN3O/c26-17-3-7-23-21(11-17)22-12-18(27)4-8-24(22)31(23)15-20(32)14-30-10-9-29-13-25(30)16-1-5-19(28)6-2-16/h1-8,11-12,20,25,29,32H,9-10,13-15H2. The molecule has 0 amide bonds. The number of hydrogen-bond acceptors (Lipinski definition) is 3. The lowest BCUT2D eigenvalue weighted by Gasteiger charge is -2.37. The largest absolute Gasteiger partial charge is 0.390 e. The van der Waals surface area contributed by atoms with E-state index in [4.69, 9.17) is 0 Å². The van der Waals surface area contributed by atoms with E-state index in [0.717, 1.165) is 55.9 Å². The number of rotatable bonds is 5. The van der Waals surface area contributed by atoms with Crippen molar-refractivity contribution in [1.82, 2.24) is 14.8 Å². The number of nitrogens with one attached hydrogen (secondary N) is 1. The molecule has 2 atom stereocenters. The van der Waals surface area contributed by atoms with Crippen molar-refractivity contribution < 1.29 is 9.50 Å². The first-order valence-corrected chi connectivity index (χ1v) is 12.3. The monoisotopic (exact) mass is 559 g/mol. The molecular weight excluding hydrogens is 537 g/mol. The molecular formula is C25H24Br2FN3O. The summed E-state index contributed by atoms with van der Waals surface area (Å²) in [6.07, 6.45) is -0.540. The lowest BCUT2D eigenvalue weighted by Crippen LogP contribution is -2.49. The molecule has 3 aromatic carbocycles. The Bertz CT molecular complexity index is 1200. The highest BCUT2D eigenvalue weighted by Crippen LogP contribution is 2.33. The Morgan fingerprint density at radius 2 is 1.56 bits per heavy atom. The summed E-state index contributed by atoms with van der Waals surface area (Å²) in [4.78, 5) is 2.30. The summed E-state index contributed by atoms with van der Waals surface area (Å²) in [6, 6.07) is 19.4. The van der Waals surface area contributed by atoms with Crippen molar-refractivity contribution in [2.75, 3.05) is 26.2 Å². The average molecular weight is 561 g/mol. The third-order valence-electron chi connectivity index (χ3n) is 6.24. The zero-order chi connectivity index (χ0) is 22.2. The fraction of sp³-hybridized carbons (Fsp3) is 0.280. The highest BCUT2D eigenvalue weighted by molar-refractivity contribution is 9.10. The number of hydrogen-bond donors (Lipinski definition) is 2. The molecule has 0 aliphatic carbocycles. The summed E-state index contributed by atoms with van der Waals surface area (Å²) in [6.45, 7) is 3.56. The van der Waals surface area contributed by atoms with E-state index in [0.29, 0.717) is 13.1 Å². The number of nitrogens with zero attached hydrogens (tertiary/aromatic N) is 2. The molecule has 7 heteroatoms. The molecule has 2 heterocycles. The summed E-state index contributed by atoms with van der Waals surface area (Å²) < 4.78 is 17.7. The van der Waals surface area contributed by atoms with Crippen molar-refractivity contribution in [3.05, 3.63) is 81.0 Å². The summed E-state index contributed by atoms with van der Waals surface area (Å²) in [7, 11) is 0. The second-order valence-corrected chi connectivity index (χ2v) is 10.2. The molecule has 0 saturated carbocycles. The van der Waals surface area contributed by atoms with Gasteiger partial charge in [-0.1, -0.05) is 44.0 Å². The Morgan fingerprint density at radius 1 is 0.938 bits per heavy atom. The van der Waals surface area contributed by atoms with Gasteiger partial charge >= 0.3 is 0 Å². The van der Waals surface area contributed by atoms with Crippen LogP contribution < -0.4 is 5.32 Å². The Morgan fingerprint density at radius 3 is 2.19 bits per heavy atom. The second kappa shape index (κ2) is 9.23. The van der Waals surface area contributed by atoms with Crippen LogP contribution in [0.5, 0.6) is 0 Å². The molecule has 0 spiro atoms. The van der Waals surface area contributed by atoms with Gasteiger partial charge in [0.2, 0.25) is 0 Å². The molecule has 1 aliphatic rings. The summed E-state index contributed by atoms with van der Waals surface area (Å²) in [5, 5.41) is 16.9. The molecule has 4 aromatic rings. The van der Waals surface area contributed by atoms with Crippen molar-refractivity contribution in [1.29, 1.82) is 0 Å². The van der Waals surface area contributed by atoms with Gasteiger partial charge in [-0.25, -0.2) is 4.39 Å². The van der Waals surface area contributed by atoms with E-state index in [-0.39, 0.29) is 11.9 Å². The first-order valence-electron chi connectivity index (χ1n) is 10.7. The molecule has 5 rings (SSSR count). The number of aromatic nitrogens is 1. The maximum Gasteiger partial charge on any atom is 0.123 e. The van der Waals surface area contributed by atoms with Gasteiger partial charge in [0.1, 0.15) is 5.82 Å². The zero-order valence-corrected chi connectivity index (χ0v) is 20.6. The first-order chi connectivity index (χ1) is 15.5. The number of fused-ring (bicyclic) bond motifs is 3. The van der Waals surface area contributed by atoms with Crippen molar-refractivity contribution in [2.45, 2.75) is 18.7 Å². The molecule has 1 aromatic heterocycles. The molecule has 1 saturated heterocycles. The number of β-amino-alcohol motifs (C(OH)–C–C–N with tert-alkyl or cyclic N) is 1. The van der Waals surface area contributed by atoms with Gasteiger partial charge in [0, 0.05) is 63.0 Å². The molecule has 2 N–H and O–H groups in total. The Hall–Kier alpha value is -1.77. The van der Waals surface area contributed by atoms with E-state index in [9.17, 15) is 9.50 Å². The number of benzene rings is 3. The van der Waals surface area contributed by atoms with Gasteiger partial charge in [-0.05, 0) is 54.1 Å². The fourth-order valence-corrected chi connectivity index (χ4v) is 5.49. The molecule has 4 nitrogen and oxygen atoms in total. The minimum atomic E-state index is -0.540. The highest BCUT2D eigenvalue weighted by atomic mass is 79.9. The summed E-state index contributed by atoms with van der Waals surface area (Å²) >= 11 is 7.18. The van der Waals surface area contributed by atoms with Gasteiger partial charge in [0.15, 0.2) is 0 Å².